The van der Waals surface area contributed by atoms with Crippen LogP contribution in [0.3, 0.4) is 0 Å². The normalized spacial score (nSPS) is 8.08. The molecule has 21 heteroatoms. The van der Waals surface area contributed by atoms with Crippen LogP contribution >= 0.6 is 0 Å². The molecule has 0 fully saturated rings. The van der Waals surface area contributed by atoms with Crippen molar-refractivity contribution in [3.63, 3.8) is 0 Å². The molecule has 18 nitrogen and oxygen atoms in total. The van der Waals surface area contributed by atoms with Crippen LogP contribution in [0.5, 0.6) is 0 Å². The number of anilines is 2. The van der Waals surface area contributed by atoms with Crippen molar-refractivity contribution in [1.82, 2.24) is 40.4 Å². The second kappa shape index (κ2) is 20.6. The van der Waals surface area contributed by atoms with E-state index in [4.69, 9.17) is 39.4 Å². The Bertz CT molecular complexity index is 418. The molecule has 25 heavy (non-hydrogen) atoms. The molecule has 2 heterocycles. The molecule has 0 saturated carbocycles. The van der Waals surface area contributed by atoms with E-state index in [1.54, 1.807) is 14.1 Å². The molecule has 0 bridgehead atoms. The van der Waals surface area contributed by atoms with E-state index in [9.17, 15) is 0 Å². The number of rotatable bonds is 0. The van der Waals surface area contributed by atoms with E-state index < -0.39 is 21.6 Å². The van der Waals surface area contributed by atoms with Crippen LogP contribution in [-0.4, -0.2) is 40.4 Å². The molecule has 10 N–H and O–H groups in total. The molecule has 0 aliphatic heterocycles. The molecule has 0 spiro atoms. The van der Waals surface area contributed by atoms with Crippen LogP contribution in [0, 0.1) is 21.6 Å². The first kappa shape index (κ1) is 34.8. The molecular formula is C4H16Cl2CuN10O8+2. The van der Waals surface area contributed by atoms with Gasteiger partial charge in [-0.05, 0) is 10.4 Å². The number of hydrogen-bond donors (Lipinski definition) is 2. The molecule has 0 unspecified atom stereocenters. The summed E-state index contributed by atoms with van der Waals surface area (Å²) in [6.45, 7) is 0. The van der Waals surface area contributed by atoms with Crippen LogP contribution in [0.2, 0.25) is 0 Å². The molecule has 2 aromatic rings. The average Bonchev–Trinajstić information content (AvgIpc) is 2.86. The first-order chi connectivity index (χ1) is 10.0. The van der Waals surface area contributed by atoms with E-state index in [-0.39, 0.29) is 39.9 Å². The number of halogens is 2. The fourth-order valence-corrected chi connectivity index (χ4v) is 0.598. The van der Waals surface area contributed by atoms with Crippen molar-refractivity contribution in [1.29, 1.82) is 0 Å². The Labute approximate surface area is 155 Å². The zero-order valence-corrected chi connectivity index (χ0v) is 14.8. The Kier molecular flexibility index (Phi) is 28.6. The smallest absolute Gasteiger partial charge is 0.457 e. The minimum atomic E-state index is -2.85. The maximum absolute atomic E-state index is 8.41. The number of aromatic nitrogens is 8. The second-order valence-electron chi connectivity index (χ2n) is 2.65. The van der Waals surface area contributed by atoms with Gasteiger partial charge >= 0.3 is 17.1 Å². The van der Waals surface area contributed by atoms with E-state index in [0.717, 1.165) is 0 Å². The number of nitrogens with two attached hydrogens (primary N) is 2. The predicted molar refractivity (Wildman–Crippen MR) is 56.2 cm³/mol. The summed E-state index contributed by atoms with van der Waals surface area (Å²) in [5.41, 5.74) is 10.1. The average molecular weight is 467 g/mol. The van der Waals surface area contributed by atoms with E-state index in [1.165, 1.54) is 9.59 Å². The third-order valence-corrected chi connectivity index (χ3v) is 1.05. The quantitative estimate of drug-likeness (QED) is 0.268. The summed E-state index contributed by atoms with van der Waals surface area (Å²) in [7, 11) is -2.39. The van der Waals surface area contributed by atoms with E-state index >= 15 is 0 Å². The maximum Gasteiger partial charge on any atom is 2.00 e. The molecule has 0 aliphatic rings. The molecule has 0 atom stereocenters. The minimum absolute atomic E-state index is 0. The number of aryl methyl sites for hydroxylation is 2. The fourth-order valence-electron chi connectivity index (χ4n) is 0.598. The molecule has 0 aromatic carbocycles. The molecular weight excluding hydrogens is 451 g/mol. The molecule has 0 aliphatic carbocycles. The van der Waals surface area contributed by atoms with Gasteiger partial charge in [0.05, 0.1) is 35.7 Å². The van der Waals surface area contributed by atoms with Gasteiger partial charge in [0.15, 0.2) is 0 Å². The largest absolute Gasteiger partial charge is 2.00 e. The van der Waals surface area contributed by atoms with Crippen molar-refractivity contribution in [3.05, 3.63) is 0 Å². The first-order valence-corrected chi connectivity index (χ1v) is 6.34. The number of nitrogens with zero attached hydrogens (tertiary/aromatic N) is 8. The van der Waals surface area contributed by atoms with E-state index in [1.807, 2.05) is 0 Å². The maximum atomic E-state index is 8.41. The number of hydrogen-bond acceptors (Lipinski definition) is 14. The third kappa shape index (κ3) is 34.7. The van der Waals surface area contributed by atoms with Gasteiger partial charge in [0, 0.05) is 0 Å². The van der Waals surface area contributed by atoms with Crippen molar-refractivity contribution in [3.8, 4) is 0 Å². The second-order valence-corrected chi connectivity index (χ2v) is 3.41. The summed E-state index contributed by atoms with van der Waals surface area (Å²) in [4.78, 5) is 2.60. The van der Waals surface area contributed by atoms with Crippen LogP contribution in [0.4, 0.5) is 11.9 Å². The summed E-state index contributed by atoms with van der Waals surface area (Å²) in [6.07, 6.45) is 0. The molecule has 153 valence electrons. The van der Waals surface area contributed by atoms with Gasteiger partial charge in [-0.2, -0.15) is 9.59 Å². The Hall–Kier alpha value is -1.48. The summed E-state index contributed by atoms with van der Waals surface area (Å²) in [5, 5.41) is 20.9. The van der Waals surface area contributed by atoms with Crippen molar-refractivity contribution < 1.29 is 77.5 Å². The van der Waals surface area contributed by atoms with E-state index in [0.29, 0.717) is 0 Å². The molecule has 2 rings (SSSR count). The van der Waals surface area contributed by atoms with Gasteiger partial charge in [0.1, 0.15) is 0 Å². The Morgan fingerprint density at radius 3 is 0.960 bits per heavy atom. The topological polar surface area (TPSA) is 344 Å². The van der Waals surface area contributed by atoms with Gasteiger partial charge in [-0.1, -0.05) is 10.2 Å². The van der Waals surface area contributed by atoms with Crippen molar-refractivity contribution in [2.75, 3.05) is 11.5 Å². The van der Waals surface area contributed by atoms with Gasteiger partial charge in [-0.3, -0.25) is 0 Å². The zero-order chi connectivity index (χ0) is 17.7. The van der Waals surface area contributed by atoms with Gasteiger partial charge in [-0.25, -0.2) is 0 Å². The van der Waals surface area contributed by atoms with Crippen molar-refractivity contribution >= 4 is 11.9 Å². The number of tetrazole rings is 2. The standard InChI is InChI=1S/2C2H5N5.2ClO3.Cu.2H2O/c2*1-7-5-2(3)4-6-7;2*2-1(3)4;;;/h2*1H3,(H2,3,5);;;;2*1H2/q;;2*-1;+2;;/p+2. The minimum Gasteiger partial charge on any atom is -0.457 e. The van der Waals surface area contributed by atoms with Gasteiger partial charge < -0.3 is 50.4 Å². The summed E-state index contributed by atoms with van der Waals surface area (Å²) >= 11 is 0. The molecule has 0 saturated heterocycles. The third-order valence-electron chi connectivity index (χ3n) is 1.05. The molecule has 2 aromatic heterocycles. The SMILES string of the molecule is Cn1nnc(N)n1.Cn1nnc(N)n1.[Cu+2].[O-][Cl+2]([O-])[O-].[O-][Cl+2]([O-])[O-].[OH3+].[OH3+]. The summed E-state index contributed by atoms with van der Waals surface area (Å²) < 4.78 is 50.4. The predicted octanol–water partition coefficient (Wildman–Crippen LogP) is -11.4. The van der Waals surface area contributed by atoms with Crippen LogP contribution in [0.15, 0.2) is 0 Å². The van der Waals surface area contributed by atoms with Gasteiger partial charge in [0.2, 0.25) is 0 Å². The van der Waals surface area contributed by atoms with E-state index in [2.05, 4.69) is 30.8 Å². The Morgan fingerprint density at radius 1 is 0.720 bits per heavy atom. The molecule has 0 amide bonds. The fraction of sp³-hybridized carbons (Fsp3) is 0.500. The summed E-state index contributed by atoms with van der Waals surface area (Å²) in [5.74, 6) is 0.421. The monoisotopic (exact) mass is 465 g/mol. The Balaban J connectivity index is -0.0000000709. The number of nitrogen functional groups attached to an aromatic ring is 2. The first-order valence-electron chi connectivity index (χ1n) is 4.49. The van der Waals surface area contributed by atoms with Crippen LogP contribution < -0.4 is 39.4 Å². The molecule has 1 radical (unpaired) electrons. The van der Waals surface area contributed by atoms with Crippen molar-refractivity contribution in [2.24, 2.45) is 14.1 Å². The van der Waals surface area contributed by atoms with Gasteiger partial charge in [0.25, 0.3) is 11.9 Å². The van der Waals surface area contributed by atoms with Gasteiger partial charge in [-0.15, -0.1) is 10.2 Å². The van der Waals surface area contributed by atoms with Crippen molar-refractivity contribution in [2.45, 2.75) is 0 Å². The zero-order valence-electron chi connectivity index (χ0n) is 12.4. The van der Waals surface area contributed by atoms with Crippen LogP contribution in [-0.2, 0) is 42.1 Å². The summed E-state index contributed by atoms with van der Waals surface area (Å²) in [6, 6.07) is 0. The van der Waals surface area contributed by atoms with Crippen LogP contribution in [0.1, 0.15) is 0 Å². The Morgan fingerprint density at radius 2 is 0.920 bits per heavy atom. The van der Waals surface area contributed by atoms with Crippen LogP contribution in [0.25, 0.3) is 0 Å².